The quantitative estimate of drug-likeness (QED) is 0.665. The Hall–Kier alpha value is -2.84. The summed E-state index contributed by atoms with van der Waals surface area (Å²) >= 11 is 11.6. The van der Waals surface area contributed by atoms with Gasteiger partial charge in [-0.25, -0.2) is 0 Å². The molecule has 0 aromatic heterocycles. The van der Waals surface area contributed by atoms with Gasteiger partial charge in [0.05, 0.1) is 18.5 Å². The van der Waals surface area contributed by atoms with Crippen molar-refractivity contribution in [3.05, 3.63) is 53.1 Å². The summed E-state index contributed by atoms with van der Waals surface area (Å²) in [6.45, 7) is 4.59. The van der Waals surface area contributed by atoms with E-state index in [9.17, 15) is 9.59 Å². The first-order valence-electron chi connectivity index (χ1n) is 10.00. The maximum atomic E-state index is 12.5. The number of nitrogens with zero attached hydrogens (tertiary/aromatic N) is 2. The van der Waals surface area contributed by atoms with Crippen LogP contribution in [0, 0.1) is 0 Å². The third kappa shape index (κ3) is 5.86. The first-order chi connectivity index (χ1) is 14.9. The summed E-state index contributed by atoms with van der Waals surface area (Å²) in [7, 11) is 1.54. The SMILES string of the molecule is CCC(=O)N1CCN(c2ccc(Cl)cc2NC(=S)NC(=O)c2cccc(OC)c2)CC1. The van der Waals surface area contributed by atoms with Gasteiger partial charge in [0.1, 0.15) is 5.75 Å². The minimum absolute atomic E-state index is 0.163. The number of piperazine rings is 1. The summed E-state index contributed by atoms with van der Waals surface area (Å²) < 4.78 is 5.16. The minimum atomic E-state index is -0.341. The fourth-order valence-corrected chi connectivity index (χ4v) is 3.77. The van der Waals surface area contributed by atoms with Crippen molar-refractivity contribution in [3.8, 4) is 5.75 Å². The molecule has 0 aliphatic carbocycles. The molecule has 1 aliphatic rings. The summed E-state index contributed by atoms with van der Waals surface area (Å²) in [5.74, 6) is 0.409. The van der Waals surface area contributed by atoms with Crippen LogP contribution in [-0.2, 0) is 4.79 Å². The Bertz CT molecular complexity index is 977. The fraction of sp³-hybridized carbons (Fsp3) is 0.318. The van der Waals surface area contributed by atoms with Crippen LogP contribution in [0.5, 0.6) is 5.75 Å². The highest BCUT2D eigenvalue weighted by atomic mass is 35.5. The second-order valence-corrected chi connectivity index (χ2v) is 7.87. The Morgan fingerprint density at radius 3 is 2.55 bits per heavy atom. The van der Waals surface area contributed by atoms with Gasteiger partial charge < -0.3 is 19.9 Å². The lowest BCUT2D eigenvalue weighted by atomic mass is 10.2. The number of anilines is 2. The molecule has 7 nitrogen and oxygen atoms in total. The molecule has 31 heavy (non-hydrogen) atoms. The van der Waals surface area contributed by atoms with Crippen molar-refractivity contribution in [2.24, 2.45) is 0 Å². The van der Waals surface area contributed by atoms with E-state index in [1.807, 2.05) is 24.0 Å². The van der Waals surface area contributed by atoms with Crippen LogP contribution < -0.4 is 20.3 Å². The van der Waals surface area contributed by atoms with Gasteiger partial charge in [0.2, 0.25) is 5.91 Å². The lowest BCUT2D eigenvalue weighted by molar-refractivity contribution is -0.131. The fourth-order valence-electron chi connectivity index (χ4n) is 3.40. The van der Waals surface area contributed by atoms with Crippen LogP contribution in [-0.4, -0.2) is 55.1 Å². The van der Waals surface area contributed by atoms with Gasteiger partial charge in [-0.1, -0.05) is 24.6 Å². The lowest BCUT2D eigenvalue weighted by Gasteiger charge is -2.37. The van der Waals surface area contributed by atoms with Gasteiger partial charge in [-0.2, -0.15) is 0 Å². The maximum absolute atomic E-state index is 12.5. The first-order valence-corrected chi connectivity index (χ1v) is 10.8. The Morgan fingerprint density at radius 1 is 1.13 bits per heavy atom. The molecule has 1 aliphatic heterocycles. The third-order valence-electron chi connectivity index (χ3n) is 5.04. The highest BCUT2D eigenvalue weighted by Crippen LogP contribution is 2.30. The third-order valence-corrected chi connectivity index (χ3v) is 5.48. The number of thiocarbonyl (C=S) groups is 1. The zero-order chi connectivity index (χ0) is 22.4. The topological polar surface area (TPSA) is 73.9 Å². The van der Waals surface area contributed by atoms with Crippen molar-refractivity contribution < 1.29 is 14.3 Å². The molecule has 9 heteroatoms. The van der Waals surface area contributed by atoms with E-state index >= 15 is 0 Å². The van der Waals surface area contributed by atoms with E-state index < -0.39 is 0 Å². The van der Waals surface area contributed by atoms with Crippen LogP contribution in [0.25, 0.3) is 0 Å². The van der Waals surface area contributed by atoms with E-state index in [-0.39, 0.29) is 16.9 Å². The number of nitrogens with one attached hydrogen (secondary N) is 2. The van der Waals surface area contributed by atoms with Crippen molar-refractivity contribution >= 4 is 52.1 Å². The van der Waals surface area contributed by atoms with E-state index in [1.165, 1.54) is 0 Å². The first kappa shape index (κ1) is 22.8. The highest BCUT2D eigenvalue weighted by Gasteiger charge is 2.22. The van der Waals surface area contributed by atoms with E-state index in [0.717, 1.165) is 5.69 Å². The molecule has 1 heterocycles. The van der Waals surface area contributed by atoms with Crippen LogP contribution in [0.3, 0.4) is 0 Å². The van der Waals surface area contributed by atoms with Crippen molar-refractivity contribution in [3.63, 3.8) is 0 Å². The van der Waals surface area contributed by atoms with Gasteiger partial charge in [-0.15, -0.1) is 0 Å². The molecule has 0 unspecified atom stereocenters. The minimum Gasteiger partial charge on any atom is -0.497 e. The zero-order valence-corrected chi connectivity index (χ0v) is 19.1. The number of hydrogen-bond donors (Lipinski definition) is 2. The molecular formula is C22H25ClN4O3S. The highest BCUT2D eigenvalue weighted by molar-refractivity contribution is 7.80. The molecule has 164 valence electrons. The average Bonchev–Trinajstić information content (AvgIpc) is 2.78. The summed E-state index contributed by atoms with van der Waals surface area (Å²) in [6, 6.07) is 12.3. The summed E-state index contributed by atoms with van der Waals surface area (Å²) in [5.41, 5.74) is 2.04. The molecule has 0 atom stereocenters. The van der Waals surface area contributed by atoms with Gasteiger partial charge >= 0.3 is 0 Å². The van der Waals surface area contributed by atoms with Crippen molar-refractivity contribution in [1.29, 1.82) is 0 Å². The van der Waals surface area contributed by atoms with Crippen LogP contribution >= 0.6 is 23.8 Å². The predicted molar refractivity (Wildman–Crippen MR) is 127 cm³/mol. The molecule has 0 saturated carbocycles. The Morgan fingerprint density at radius 2 is 1.87 bits per heavy atom. The van der Waals surface area contributed by atoms with Gasteiger partial charge in [0.15, 0.2) is 5.11 Å². The molecular weight excluding hydrogens is 436 g/mol. The van der Waals surface area contributed by atoms with Gasteiger partial charge in [0.25, 0.3) is 5.91 Å². The second-order valence-electron chi connectivity index (χ2n) is 7.02. The number of carbonyl (C=O) groups is 2. The normalized spacial score (nSPS) is 13.5. The van der Waals surface area contributed by atoms with Crippen LogP contribution in [0.4, 0.5) is 11.4 Å². The summed E-state index contributed by atoms with van der Waals surface area (Å²) in [5, 5.41) is 6.48. The summed E-state index contributed by atoms with van der Waals surface area (Å²) in [4.78, 5) is 28.5. The van der Waals surface area contributed by atoms with E-state index in [2.05, 4.69) is 15.5 Å². The molecule has 0 spiro atoms. The maximum Gasteiger partial charge on any atom is 0.257 e. The molecule has 2 aromatic rings. The smallest absolute Gasteiger partial charge is 0.257 e. The van der Waals surface area contributed by atoms with Crippen molar-refractivity contribution in [2.45, 2.75) is 13.3 Å². The molecule has 0 bridgehead atoms. The number of benzene rings is 2. The average molecular weight is 461 g/mol. The number of methoxy groups -OCH3 is 1. The van der Waals surface area contributed by atoms with E-state index in [1.54, 1.807) is 37.4 Å². The summed E-state index contributed by atoms with van der Waals surface area (Å²) in [6.07, 6.45) is 0.509. The molecule has 2 N–H and O–H groups in total. The number of rotatable bonds is 5. The monoisotopic (exact) mass is 460 g/mol. The Labute approximate surface area is 192 Å². The molecule has 2 aromatic carbocycles. The molecule has 3 rings (SSSR count). The molecule has 1 fully saturated rings. The molecule has 0 radical (unpaired) electrons. The number of ether oxygens (including phenoxy) is 1. The Balaban J connectivity index is 1.68. The number of hydrogen-bond acceptors (Lipinski definition) is 5. The number of halogens is 1. The largest absolute Gasteiger partial charge is 0.497 e. The van der Waals surface area contributed by atoms with E-state index in [4.69, 9.17) is 28.6 Å². The van der Waals surface area contributed by atoms with Gasteiger partial charge in [0, 0.05) is 43.2 Å². The number of carbonyl (C=O) groups excluding carboxylic acids is 2. The molecule has 2 amide bonds. The standard InChI is InChI=1S/C22H25ClN4O3S/c1-3-20(28)27-11-9-26(10-12-27)19-8-7-16(23)14-18(19)24-22(31)25-21(29)15-5-4-6-17(13-15)30-2/h4-8,13-14H,3,9-12H2,1-2H3,(H2,24,25,29,31). The predicted octanol–water partition coefficient (Wildman–Crippen LogP) is 3.53. The van der Waals surface area contributed by atoms with Crippen LogP contribution in [0.2, 0.25) is 5.02 Å². The Kier molecular flexibility index (Phi) is 7.70. The van der Waals surface area contributed by atoms with Gasteiger partial charge in [-0.3, -0.25) is 14.9 Å². The van der Waals surface area contributed by atoms with Crippen LogP contribution in [0.15, 0.2) is 42.5 Å². The zero-order valence-electron chi connectivity index (χ0n) is 17.5. The van der Waals surface area contributed by atoms with Crippen molar-refractivity contribution in [2.75, 3.05) is 43.5 Å². The second kappa shape index (κ2) is 10.5. The lowest BCUT2D eigenvalue weighted by Crippen LogP contribution is -2.48. The van der Waals surface area contributed by atoms with Crippen molar-refractivity contribution in [1.82, 2.24) is 10.2 Å². The van der Waals surface area contributed by atoms with E-state index in [0.29, 0.717) is 54.6 Å². The van der Waals surface area contributed by atoms with Crippen LogP contribution in [0.1, 0.15) is 23.7 Å². The molecule has 1 saturated heterocycles. The van der Waals surface area contributed by atoms with Gasteiger partial charge in [-0.05, 0) is 48.6 Å². The number of amides is 2.